The summed E-state index contributed by atoms with van der Waals surface area (Å²) in [5.74, 6) is 0. The molecule has 0 radical (unpaired) electrons. The summed E-state index contributed by atoms with van der Waals surface area (Å²) >= 11 is 0. The molecule has 0 aliphatic heterocycles. The number of hydrogen-bond donors (Lipinski definition) is 1. The Hall–Kier alpha value is -0.820. The van der Waals surface area contributed by atoms with Crippen LogP contribution in [-0.4, -0.2) is 13.6 Å². The van der Waals surface area contributed by atoms with Gasteiger partial charge in [-0.3, -0.25) is 0 Å². The molecule has 0 unspecified atom stereocenters. The largest absolute Gasteiger partial charge is 0.319 e. The van der Waals surface area contributed by atoms with E-state index < -0.39 is 0 Å². The van der Waals surface area contributed by atoms with Crippen molar-refractivity contribution in [3.05, 3.63) is 34.9 Å². The van der Waals surface area contributed by atoms with E-state index in [2.05, 4.69) is 51.2 Å². The molecule has 102 valence electrons. The zero-order valence-electron chi connectivity index (χ0n) is 12.8. The van der Waals surface area contributed by atoms with Gasteiger partial charge in [0.1, 0.15) is 0 Å². The molecule has 0 heterocycles. The summed E-state index contributed by atoms with van der Waals surface area (Å²) in [6.07, 6.45) is 4.72. The fourth-order valence-electron chi connectivity index (χ4n) is 2.56. The summed E-state index contributed by atoms with van der Waals surface area (Å²) in [6.45, 7) is 10.3. The van der Waals surface area contributed by atoms with Gasteiger partial charge >= 0.3 is 0 Å². The lowest BCUT2D eigenvalue weighted by molar-refractivity contribution is 0.324. The Labute approximate surface area is 113 Å². The van der Waals surface area contributed by atoms with Gasteiger partial charge < -0.3 is 5.32 Å². The van der Waals surface area contributed by atoms with Crippen LogP contribution in [0.5, 0.6) is 0 Å². The van der Waals surface area contributed by atoms with E-state index in [-0.39, 0.29) is 0 Å². The van der Waals surface area contributed by atoms with Crippen molar-refractivity contribution in [3.63, 3.8) is 0 Å². The fraction of sp³-hybridized carbons (Fsp3) is 0.647. The third kappa shape index (κ3) is 4.45. The van der Waals surface area contributed by atoms with E-state index >= 15 is 0 Å². The molecule has 1 aromatic carbocycles. The van der Waals surface area contributed by atoms with Crippen LogP contribution in [0.25, 0.3) is 0 Å². The lowest BCUT2D eigenvalue weighted by atomic mass is 9.85. The average molecular weight is 247 g/mol. The highest BCUT2D eigenvalue weighted by atomic mass is 14.8. The zero-order chi connectivity index (χ0) is 13.6. The van der Waals surface area contributed by atoms with Gasteiger partial charge in [0.2, 0.25) is 0 Å². The van der Waals surface area contributed by atoms with Crippen LogP contribution >= 0.6 is 0 Å². The molecule has 1 rings (SSSR count). The molecular weight excluding hydrogens is 218 g/mol. The molecule has 1 aromatic rings. The molecule has 0 saturated heterocycles. The van der Waals surface area contributed by atoms with Crippen LogP contribution in [0, 0.1) is 5.41 Å². The summed E-state index contributed by atoms with van der Waals surface area (Å²) in [5.41, 5.74) is 4.91. The van der Waals surface area contributed by atoms with E-state index in [4.69, 9.17) is 0 Å². The molecule has 1 heteroatoms. The Kier molecular flexibility index (Phi) is 5.87. The van der Waals surface area contributed by atoms with E-state index in [9.17, 15) is 0 Å². The van der Waals surface area contributed by atoms with Crippen molar-refractivity contribution in [1.82, 2.24) is 5.32 Å². The van der Waals surface area contributed by atoms with Gasteiger partial charge in [0.15, 0.2) is 0 Å². The van der Waals surface area contributed by atoms with Crippen molar-refractivity contribution in [2.75, 3.05) is 13.6 Å². The number of nitrogens with one attached hydrogen (secondary N) is 1. The Morgan fingerprint density at radius 3 is 2.28 bits per heavy atom. The fourth-order valence-corrected chi connectivity index (χ4v) is 2.56. The van der Waals surface area contributed by atoms with Gasteiger partial charge in [-0.25, -0.2) is 0 Å². The van der Waals surface area contributed by atoms with Gasteiger partial charge in [0, 0.05) is 0 Å². The summed E-state index contributed by atoms with van der Waals surface area (Å²) in [7, 11) is 2.03. The topological polar surface area (TPSA) is 12.0 Å². The molecule has 0 bridgehead atoms. The monoisotopic (exact) mass is 247 g/mol. The molecule has 0 spiro atoms. The van der Waals surface area contributed by atoms with Gasteiger partial charge in [-0.05, 0) is 61.4 Å². The number of aryl methyl sites for hydroxylation is 3. The van der Waals surface area contributed by atoms with Crippen molar-refractivity contribution in [3.8, 4) is 0 Å². The second-order valence-electron chi connectivity index (χ2n) is 6.00. The minimum Gasteiger partial charge on any atom is -0.319 e. The predicted molar refractivity (Wildman–Crippen MR) is 81.2 cm³/mol. The Morgan fingerprint density at radius 2 is 1.72 bits per heavy atom. The second kappa shape index (κ2) is 6.94. The molecule has 1 nitrogen and oxygen atoms in total. The van der Waals surface area contributed by atoms with Gasteiger partial charge in [0.25, 0.3) is 0 Å². The summed E-state index contributed by atoms with van der Waals surface area (Å²) in [4.78, 5) is 0. The minimum atomic E-state index is 0.380. The van der Waals surface area contributed by atoms with E-state index in [0.717, 1.165) is 19.4 Å². The van der Waals surface area contributed by atoms with Crippen LogP contribution in [0.3, 0.4) is 0 Å². The molecule has 0 aliphatic carbocycles. The van der Waals surface area contributed by atoms with Crippen LogP contribution < -0.4 is 5.32 Å². The Balaban J connectivity index is 2.68. The lowest BCUT2D eigenvalue weighted by Gasteiger charge is -2.24. The van der Waals surface area contributed by atoms with Crippen molar-refractivity contribution in [1.29, 1.82) is 0 Å². The first-order valence-electron chi connectivity index (χ1n) is 7.27. The van der Waals surface area contributed by atoms with Gasteiger partial charge in [0.05, 0.1) is 0 Å². The Morgan fingerprint density at radius 1 is 1.06 bits per heavy atom. The van der Waals surface area contributed by atoms with Crippen LogP contribution in [0.15, 0.2) is 18.2 Å². The van der Waals surface area contributed by atoms with Crippen molar-refractivity contribution < 1.29 is 0 Å². The van der Waals surface area contributed by atoms with Crippen molar-refractivity contribution in [2.24, 2.45) is 5.41 Å². The first-order chi connectivity index (χ1) is 8.52. The molecule has 18 heavy (non-hydrogen) atoms. The summed E-state index contributed by atoms with van der Waals surface area (Å²) in [6, 6.07) is 7.04. The highest BCUT2D eigenvalue weighted by Crippen LogP contribution is 2.23. The lowest BCUT2D eigenvalue weighted by Crippen LogP contribution is -2.27. The molecule has 0 fully saturated rings. The van der Waals surface area contributed by atoms with Gasteiger partial charge in [-0.15, -0.1) is 0 Å². The van der Waals surface area contributed by atoms with Crippen LogP contribution in [0.4, 0.5) is 0 Å². The molecule has 1 N–H and O–H groups in total. The van der Waals surface area contributed by atoms with Crippen molar-refractivity contribution in [2.45, 2.75) is 53.4 Å². The van der Waals surface area contributed by atoms with Crippen LogP contribution in [0.2, 0.25) is 0 Å². The van der Waals surface area contributed by atoms with E-state index in [1.165, 1.54) is 29.5 Å². The van der Waals surface area contributed by atoms with Crippen LogP contribution in [0.1, 0.15) is 50.8 Å². The maximum atomic E-state index is 3.29. The van der Waals surface area contributed by atoms with Crippen LogP contribution in [-0.2, 0) is 19.3 Å². The molecule has 0 atom stereocenters. The molecule has 0 amide bonds. The maximum Gasteiger partial charge on any atom is -0.0000373 e. The highest BCUT2D eigenvalue weighted by molar-refractivity contribution is 5.32. The standard InChI is InChI=1S/C17H29N/c1-6-15-9-8-14(12-16(15)7-2)10-11-17(3,4)13-18-5/h8-9,12,18H,6-7,10-11,13H2,1-5H3. The van der Waals surface area contributed by atoms with Crippen molar-refractivity contribution >= 4 is 0 Å². The zero-order valence-corrected chi connectivity index (χ0v) is 12.8. The quantitative estimate of drug-likeness (QED) is 0.768. The number of hydrogen-bond acceptors (Lipinski definition) is 1. The SMILES string of the molecule is CCc1ccc(CCC(C)(C)CNC)cc1CC. The smallest absolute Gasteiger partial charge is 0.0000373 e. The van der Waals surface area contributed by atoms with Gasteiger partial charge in [-0.1, -0.05) is 45.9 Å². The van der Waals surface area contributed by atoms with E-state index in [0.29, 0.717) is 5.41 Å². The summed E-state index contributed by atoms with van der Waals surface area (Å²) in [5, 5.41) is 3.29. The number of benzene rings is 1. The summed E-state index contributed by atoms with van der Waals surface area (Å²) < 4.78 is 0. The first-order valence-corrected chi connectivity index (χ1v) is 7.27. The minimum absolute atomic E-state index is 0.380. The third-order valence-corrected chi connectivity index (χ3v) is 3.78. The second-order valence-corrected chi connectivity index (χ2v) is 6.00. The van der Waals surface area contributed by atoms with Gasteiger partial charge in [-0.2, -0.15) is 0 Å². The van der Waals surface area contributed by atoms with E-state index in [1.807, 2.05) is 7.05 Å². The molecule has 0 aromatic heterocycles. The first kappa shape index (κ1) is 15.2. The molecule has 0 aliphatic rings. The molecule has 0 saturated carbocycles. The average Bonchev–Trinajstić information content (AvgIpc) is 2.36. The van der Waals surface area contributed by atoms with E-state index in [1.54, 1.807) is 0 Å². The third-order valence-electron chi connectivity index (χ3n) is 3.78. The maximum absolute atomic E-state index is 3.29. The predicted octanol–water partition coefficient (Wildman–Crippen LogP) is 3.99. The molecular formula is C17H29N. The normalized spacial score (nSPS) is 11.8. The Bertz CT molecular complexity index is 366. The highest BCUT2D eigenvalue weighted by Gasteiger charge is 2.16. The number of rotatable bonds is 7.